The zero-order valence-corrected chi connectivity index (χ0v) is 11.3. The Bertz CT molecular complexity index is 410. The highest BCUT2D eigenvalue weighted by atomic mass is 16.5. The Morgan fingerprint density at radius 1 is 1.37 bits per heavy atom. The predicted octanol–water partition coefficient (Wildman–Crippen LogP) is 2.21. The summed E-state index contributed by atoms with van der Waals surface area (Å²) in [5.74, 6) is 0.802. The van der Waals surface area contributed by atoms with Gasteiger partial charge in [0.15, 0.2) is 0 Å². The SMILES string of the molecule is CCOC1CC(CC(=O)NCc2ccc(O)cc2)C1. The summed E-state index contributed by atoms with van der Waals surface area (Å²) in [4.78, 5) is 11.7. The van der Waals surface area contributed by atoms with Crippen molar-refractivity contribution in [2.24, 2.45) is 5.92 Å². The largest absolute Gasteiger partial charge is 0.508 e. The molecule has 1 aliphatic carbocycles. The molecular formula is C15H21NO3. The van der Waals surface area contributed by atoms with Gasteiger partial charge in [0.1, 0.15) is 5.75 Å². The van der Waals surface area contributed by atoms with E-state index in [1.54, 1.807) is 12.1 Å². The van der Waals surface area contributed by atoms with E-state index in [0.717, 1.165) is 25.0 Å². The summed E-state index contributed by atoms with van der Waals surface area (Å²) in [5, 5.41) is 12.1. The molecular weight excluding hydrogens is 242 g/mol. The van der Waals surface area contributed by atoms with Crippen LogP contribution in [0, 0.1) is 5.92 Å². The van der Waals surface area contributed by atoms with Gasteiger partial charge in [-0.1, -0.05) is 12.1 Å². The lowest BCUT2D eigenvalue weighted by Crippen LogP contribution is -2.35. The minimum absolute atomic E-state index is 0.0908. The van der Waals surface area contributed by atoms with Gasteiger partial charge in [-0.05, 0) is 43.4 Å². The van der Waals surface area contributed by atoms with Crippen LogP contribution in [-0.2, 0) is 16.1 Å². The van der Waals surface area contributed by atoms with Crippen molar-refractivity contribution in [3.8, 4) is 5.75 Å². The molecule has 1 aromatic rings. The summed E-state index contributed by atoms with van der Waals surface area (Å²) in [6.07, 6.45) is 2.95. The van der Waals surface area contributed by atoms with Crippen molar-refractivity contribution >= 4 is 5.91 Å². The van der Waals surface area contributed by atoms with Gasteiger partial charge in [0.2, 0.25) is 5.91 Å². The minimum atomic E-state index is 0.0908. The van der Waals surface area contributed by atoms with Crippen LogP contribution in [0.15, 0.2) is 24.3 Å². The predicted molar refractivity (Wildman–Crippen MR) is 72.7 cm³/mol. The standard InChI is InChI=1S/C15H21NO3/c1-2-19-14-7-12(8-14)9-15(18)16-10-11-3-5-13(17)6-4-11/h3-6,12,14,17H,2,7-10H2,1H3,(H,16,18). The van der Waals surface area contributed by atoms with Crippen molar-refractivity contribution in [2.45, 2.75) is 38.8 Å². The molecule has 1 aliphatic rings. The maximum atomic E-state index is 11.7. The van der Waals surface area contributed by atoms with E-state index in [9.17, 15) is 4.79 Å². The molecule has 1 aromatic carbocycles. The molecule has 0 aliphatic heterocycles. The van der Waals surface area contributed by atoms with Crippen molar-refractivity contribution in [2.75, 3.05) is 6.61 Å². The quantitative estimate of drug-likeness (QED) is 0.827. The molecule has 2 rings (SSSR count). The van der Waals surface area contributed by atoms with Crippen molar-refractivity contribution in [1.29, 1.82) is 0 Å². The molecule has 1 saturated carbocycles. The minimum Gasteiger partial charge on any atom is -0.508 e. The Kier molecular flexibility index (Phi) is 4.80. The Morgan fingerprint density at radius 2 is 2.05 bits per heavy atom. The van der Waals surface area contributed by atoms with Crippen LogP contribution in [0.5, 0.6) is 5.75 Å². The van der Waals surface area contributed by atoms with Crippen molar-refractivity contribution in [3.05, 3.63) is 29.8 Å². The van der Waals surface area contributed by atoms with Gasteiger partial charge in [0.05, 0.1) is 6.10 Å². The zero-order valence-electron chi connectivity index (χ0n) is 11.3. The van der Waals surface area contributed by atoms with E-state index in [-0.39, 0.29) is 11.7 Å². The number of ether oxygens (including phenoxy) is 1. The number of hydrogen-bond donors (Lipinski definition) is 2. The number of amides is 1. The summed E-state index contributed by atoms with van der Waals surface area (Å²) in [6, 6.07) is 6.87. The van der Waals surface area contributed by atoms with Crippen LogP contribution in [0.1, 0.15) is 31.7 Å². The third-order valence-electron chi connectivity index (χ3n) is 3.49. The molecule has 1 amide bonds. The summed E-state index contributed by atoms with van der Waals surface area (Å²) >= 11 is 0. The number of carbonyl (C=O) groups is 1. The van der Waals surface area contributed by atoms with Crippen LogP contribution in [0.25, 0.3) is 0 Å². The number of aromatic hydroxyl groups is 1. The summed E-state index contributed by atoms with van der Waals surface area (Å²) in [7, 11) is 0. The van der Waals surface area contributed by atoms with Crippen LogP contribution < -0.4 is 5.32 Å². The van der Waals surface area contributed by atoms with E-state index in [0.29, 0.717) is 25.0 Å². The van der Waals surface area contributed by atoms with Crippen molar-refractivity contribution in [1.82, 2.24) is 5.32 Å². The smallest absolute Gasteiger partial charge is 0.220 e. The number of phenols is 1. The van der Waals surface area contributed by atoms with E-state index in [1.165, 1.54) is 0 Å². The molecule has 1 fully saturated rings. The lowest BCUT2D eigenvalue weighted by Gasteiger charge is -2.34. The molecule has 2 N–H and O–H groups in total. The maximum Gasteiger partial charge on any atom is 0.220 e. The summed E-state index contributed by atoms with van der Waals surface area (Å²) in [5.41, 5.74) is 0.993. The number of nitrogens with one attached hydrogen (secondary N) is 1. The first kappa shape index (κ1) is 13.9. The second-order valence-electron chi connectivity index (χ2n) is 5.06. The lowest BCUT2D eigenvalue weighted by atomic mass is 9.80. The molecule has 0 spiro atoms. The second kappa shape index (κ2) is 6.57. The number of phenolic OH excluding ortho intramolecular Hbond substituents is 1. The third-order valence-corrected chi connectivity index (χ3v) is 3.49. The highest BCUT2D eigenvalue weighted by Gasteiger charge is 2.30. The Labute approximate surface area is 113 Å². The number of rotatable bonds is 6. The molecule has 0 radical (unpaired) electrons. The van der Waals surface area contributed by atoms with Crippen LogP contribution in [0.2, 0.25) is 0 Å². The molecule has 104 valence electrons. The Balaban J connectivity index is 1.64. The molecule has 0 aromatic heterocycles. The van der Waals surface area contributed by atoms with Gasteiger partial charge in [-0.15, -0.1) is 0 Å². The van der Waals surface area contributed by atoms with Gasteiger partial charge in [-0.2, -0.15) is 0 Å². The summed E-state index contributed by atoms with van der Waals surface area (Å²) < 4.78 is 5.47. The zero-order chi connectivity index (χ0) is 13.7. The first-order valence-corrected chi connectivity index (χ1v) is 6.83. The van der Waals surface area contributed by atoms with Crippen molar-refractivity contribution < 1.29 is 14.6 Å². The van der Waals surface area contributed by atoms with E-state index < -0.39 is 0 Å². The monoisotopic (exact) mass is 263 g/mol. The molecule has 0 saturated heterocycles. The number of carbonyl (C=O) groups excluding carboxylic acids is 1. The summed E-state index contributed by atoms with van der Waals surface area (Å²) in [6.45, 7) is 3.27. The van der Waals surface area contributed by atoms with Crippen LogP contribution >= 0.6 is 0 Å². The molecule has 19 heavy (non-hydrogen) atoms. The highest BCUT2D eigenvalue weighted by molar-refractivity contribution is 5.76. The molecule has 0 heterocycles. The molecule has 4 heteroatoms. The van der Waals surface area contributed by atoms with Gasteiger partial charge in [-0.25, -0.2) is 0 Å². The normalized spacial score (nSPS) is 21.7. The molecule has 0 unspecified atom stereocenters. The maximum absolute atomic E-state index is 11.7. The first-order valence-electron chi connectivity index (χ1n) is 6.83. The number of benzene rings is 1. The van der Waals surface area contributed by atoms with E-state index in [1.807, 2.05) is 19.1 Å². The lowest BCUT2D eigenvalue weighted by molar-refractivity contribution is -0.124. The fourth-order valence-electron chi connectivity index (χ4n) is 2.36. The average Bonchev–Trinajstić information content (AvgIpc) is 2.36. The fraction of sp³-hybridized carbons (Fsp3) is 0.533. The van der Waals surface area contributed by atoms with E-state index in [4.69, 9.17) is 9.84 Å². The van der Waals surface area contributed by atoms with Gasteiger partial charge < -0.3 is 15.2 Å². The van der Waals surface area contributed by atoms with Gasteiger partial charge in [-0.3, -0.25) is 4.79 Å². The third kappa shape index (κ3) is 4.24. The second-order valence-corrected chi connectivity index (χ2v) is 5.06. The van der Waals surface area contributed by atoms with E-state index >= 15 is 0 Å². The first-order chi connectivity index (χ1) is 9.17. The van der Waals surface area contributed by atoms with E-state index in [2.05, 4.69) is 5.32 Å². The Morgan fingerprint density at radius 3 is 2.68 bits per heavy atom. The van der Waals surface area contributed by atoms with Gasteiger partial charge >= 0.3 is 0 Å². The van der Waals surface area contributed by atoms with Gasteiger partial charge in [0.25, 0.3) is 0 Å². The van der Waals surface area contributed by atoms with Crippen molar-refractivity contribution in [3.63, 3.8) is 0 Å². The number of hydrogen-bond acceptors (Lipinski definition) is 3. The fourth-order valence-corrected chi connectivity index (χ4v) is 2.36. The molecule has 0 atom stereocenters. The van der Waals surface area contributed by atoms with Crippen LogP contribution in [0.4, 0.5) is 0 Å². The Hall–Kier alpha value is -1.55. The molecule has 0 bridgehead atoms. The average molecular weight is 263 g/mol. The molecule has 4 nitrogen and oxygen atoms in total. The van der Waals surface area contributed by atoms with Crippen LogP contribution in [-0.4, -0.2) is 23.7 Å². The van der Waals surface area contributed by atoms with Gasteiger partial charge in [0, 0.05) is 19.6 Å². The topological polar surface area (TPSA) is 58.6 Å². The highest BCUT2D eigenvalue weighted by Crippen LogP contribution is 2.32. The van der Waals surface area contributed by atoms with Crippen LogP contribution in [0.3, 0.4) is 0 Å².